The summed E-state index contributed by atoms with van der Waals surface area (Å²) in [6.07, 6.45) is 0. The van der Waals surface area contributed by atoms with E-state index in [1.807, 2.05) is 42.5 Å². The number of hydrogen-bond acceptors (Lipinski definition) is 3. The Hall–Kier alpha value is -1.69. The van der Waals surface area contributed by atoms with Crippen LogP contribution < -0.4 is 5.32 Å². The van der Waals surface area contributed by atoms with Crippen LogP contribution >= 0.6 is 15.9 Å². The Morgan fingerprint density at radius 1 is 1.08 bits per heavy atom. The molecule has 1 aliphatic rings. The monoisotopic (exact) mass is 388 g/mol. The van der Waals surface area contributed by atoms with E-state index < -0.39 is 0 Å². The summed E-state index contributed by atoms with van der Waals surface area (Å²) in [5.74, 6) is -0.0586. The minimum absolute atomic E-state index is 0.0586. The Bertz CT molecular complexity index is 672. The highest BCUT2D eigenvalue weighted by Crippen LogP contribution is 2.22. The molecule has 126 valence electrons. The SMILES string of the molecule is O=C(NCC(c1ccccc1)N1CCOCC1)c1ccccc1Br. The fraction of sp³-hybridized carbons (Fsp3) is 0.316. The molecule has 0 aromatic heterocycles. The Balaban J connectivity index is 1.72. The summed E-state index contributed by atoms with van der Waals surface area (Å²) in [6.45, 7) is 3.81. The molecule has 1 atom stereocenters. The zero-order valence-electron chi connectivity index (χ0n) is 13.5. The highest BCUT2D eigenvalue weighted by molar-refractivity contribution is 9.10. The zero-order valence-corrected chi connectivity index (χ0v) is 15.0. The summed E-state index contributed by atoms with van der Waals surface area (Å²) in [5, 5.41) is 3.08. The second-order valence-electron chi connectivity index (χ2n) is 5.76. The van der Waals surface area contributed by atoms with Crippen molar-refractivity contribution in [1.82, 2.24) is 10.2 Å². The van der Waals surface area contributed by atoms with E-state index in [-0.39, 0.29) is 11.9 Å². The maximum Gasteiger partial charge on any atom is 0.252 e. The number of carbonyl (C=O) groups is 1. The van der Waals surface area contributed by atoms with Crippen molar-refractivity contribution in [2.75, 3.05) is 32.8 Å². The van der Waals surface area contributed by atoms with E-state index in [2.05, 4.69) is 38.3 Å². The van der Waals surface area contributed by atoms with Gasteiger partial charge in [0.1, 0.15) is 0 Å². The number of nitrogens with zero attached hydrogens (tertiary/aromatic N) is 1. The number of halogens is 1. The molecular formula is C19H21BrN2O2. The maximum atomic E-state index is 12.5. The molecule has 0 aliphatic carbocycles. The molecule has 3 rings (SSSR count). The van der Waals surface area contributed by atoms with E-state index in [0.29, 0.717) is 12.1 Å². The third-order valence-corrected chi connectivity index (χ3v) is 4.94. The topological polar surface area (TPSA) is 41.6 Å². The van der Waals surface area contributed by atoms with Crippen molar-refractivity contribution < 1.29 is 9.53 Å². The Morgan fingerprint density at radius 2 is 1.75 bits per heavy atom. The van der Waals surface area contributed by atoms with Crippen LogP contribution in [0, 0.1) is 0 Å². The summed E-state index contributed by atoms with van der Waals surface area (Å²) in [7, 11) is 0. The molecular weight excluding hydrogens is 368 g/mol. The lowest BCUT2D eigenvalue weighted by molar-refractivity contribution is 0.0162. The average Bonchev–Trinajstić information content (AvgIpc) is 2.64. The predicted octanol–water partition coefficient (Wildman–Crippen LogP) is 3.25. The molecule has 5 heteroatoms. The van der Waals surface area contributed by atoms with Gasteiger partial charge in [-0.15, -0.1) is 0 Å². The number of nitrogens with one attached hydrogen (secondary N) is 1. The van der Waals surface area contributed by atoms with E-state index in [4.69, 9.17) is 4.74 Å². The van der Waals surface area contributed by atoms with Crippen LogP contribution in [0.15, 0.2) is 59.1 Å². The first-order valence-corrected chi connectivity index (χ1v) is 8.94. The highest BCUT2D eigenvalue weighted by atomic mass is 79.9. The molecule has 0 spiro atoms. The van der Waals surface area contributed by atoms with Crippen LogP contribution in [0.2, 0.25) is 0 Å². The van der Waals surface area contributed by atoms with Gasteiger partial charge in [-0.3, -0.25) is 9.69 Å². The minimum Gasteiger partial charge on any atom is -0.379 e. The van der Waals surface area contributed by atoms with E-state index >= 15 is 0 Å². The van der Waals surface area contributed by atoms with Crippen molar-refractivity contribution >= 4 is 21.8 Å². The fourth-order valence-corrected chi connectivity index (χ4v) is 3.42. The van der Waals surface area contributed by atoms with Crippen LogP contribution in [-0.4, -0.2) is 43.7 Å². The van der Waals surface area contributed by atoms with Crippen molar-refractivity contribution in [2.45, 2.75) is 6.04 Å². The summed E-state index contributed by atoms with van der Waals surface area (Å²) >= 11 is 3.44. The number of amides is 1. The van der Waals surface area contributed by atoms with Crippen LogP contribution in [0.5, 0.6) is 0 Å². The molecule has 0 saturated carbocycles. The number of ether oxygens (including phenoxy) is 1. The average molecular weight is 389 g/mol. The first-order chi connectivity index (χ1) is 11.8. The fourth-order valence-electron chi connectivity index (χ4n) is 2.95. The highest BCUT2D eigenvalue weighted by Gasteiger charge is 2.23. The maximum absolute atomic E-state index is 12.5. The van der Waals surface area contributed by atoms with Gasteiger partial charge in [0, 0.05) is 24.1 Å². The molecule has 1 fully saturated rings. The lowest BCUT2D eigenvalue weighted by Gasteiger charge is -2.35. The molecule has 0 radical (unpaired) electrons. The normalized spacial score (nSPS) is 16.5. The van der Waals surface area contributed by atoms with Gasteiger partial charge in [0.25, 0.3) is 5.91 Å². The van der Waals surface area contributed by atoms with Gasteiger partial charge in [0.05, 0.1) is 24.8 Å². The van der Waals surface area contributed by atoms with Crippen molar-refractivity contribution in [3.8, 4) is 0 Å². The third-order valence-electron chi connectivity index (χ3n) is 4.25. The molecule has 1 aliphatic heterocycles. The largest absolute Gasteiger partial charge is 0.379 e. The van der Waals surface area contributed by atoms with Crippen molar-refractivity contribution in [3.63, 3.8) is 0 Å². The second-order valence-corrected chi connectivity index (χ2v) is 6.62. The predicted molar refractivity (Wildman–Crippen MR) is 98.1 cm³/mol. The quantitative estimate of drug-likeness (QED) is 0.854. The zero-order chi connectivity index (χ0) is 16.8. The number of carbonyl (C=O) groups excluding carboxylic acids is 1. The van der Waals surface area contributed by atoms with E-state index in [0.717, 1.165) is 30.8 Å². The van der Waals surface area contributed by atoms with Gasteiger partial charge >= 0.3 is 0 Å². The summed E-state index contributed by atoms with van der Waals surface area (Å²) in [6, 6.07) is 18.0. The van der Waals surface area contributed by atoms with Crippen molar-refractivity contribution in [3.05, 3.63) is 70.2 Å². The van der Waals surface area contributed by atoms with Gasteiger partial charge in [0.2, 0.25) is 0 Å². The van der Waals surface area contributed by atoms with E-state index in [1.165, 1.54) is 5.56 Å². The molecule has 2 aromatic carbocycles. The van der Waals surface area contributed by atoms with Crippen LogP contribution in [0.1, 0.15) is 22.0 Å². The number of morpholine rings is 1. The molecule has 1 amide bonds. The van der Waals surface area contributed by atoms with Crippen LogP contribution in [0.3, 0.4) is 0 Å². The van der Waals surface area contributed by atoms with Gasteiger partial charge in [-0.1, -0.05) is 42.5 Å². The van der Waals surface area contributed by atoms with Gasteiger partial charge in [0.15, 0.2) is 0 Å². The lowest BCUT2D eigenvalue weighted by atomic mass is 10.0. The third kappa shape index (κ3) is 4.23. The van der Waals surface area contributed by atoms with Crippen molar-refractivity contribution in [1.29, 1.82) is 0 Å². The minimum atomic E-state index is -0.0586. The van der Waals surface area contributed by atoms with E-state index in [9.17, 15) is 4.79 Å². The van der Waals surface area contributed by atoms with Gasteiger partial charge < -0.3 is 10.1 Å². The first kappa shape index (κ1) is 17.1. The molecule has 2 aromatic rings. The molecule has 4 nitrogen and oxygen atoms in total. The number of benzene rings is 2. The summed E-state index contributed by atoms with van der Waals surface area (Å²) in [4.78, 5) is 14.9. The van der Waals surface area contributed by atoms with Crippen molar-refractivity contribution in [2.24, 2.45) is 0 Å². The summed E-state index contributed by atoms with van der Waals surface area (Å²) < 4.78 is 6.27. The second kappa shape index (κ2) is 8.42. The Labute approximate surface area is 150 Å². The summed E-state index contributed by atoms with van der Waals surface area (Å²) in [5.41, 5.74) is 1.87. The Morgan fingerprint density at radius 3 is 2.46 bits per heavy atom. The van der Waals surface area contributed by atoms with Crippen LogP contribution in [0.4, 0.5) is 0 Å². The molecule has 1 unspecified atom stereocenters. The molecule has 0 bridgehead atoms. The number of rotatable bonds is 5. The van der Waals surface area contributed by atoms with Crippen LogP contribution in [-0.2, 0) is 4.74 Å². The smallest absolute Gasteiger partial charge is 0.252 e. The Kier molecular flexibility index (Phi) is 6.01. The molecule has 1 N–H and O–H groups in total. The molecule has 1 saturated heterocycles. The first-order valence-electron chi connectivity index (χ1n) is 8.15. The van der Waals surface area contributed by atoms with E-state index in [1.54, 1.807) is 0 Å². The van der Waals surface area contributed by atoms with Gasteiger partial charge in [-0.2, -0.15) is 0 Å². The standard InChI is InChI=1S/C19H21BrN2O2/c20-17-9-5-4-8-16(17)19(23)21-14-18(15-6-2-1-3-7-15)22-10-12-24-13-11-22/h1-9,18H,10-14H2,(H,21,23). The van der Waals surface area contributed by atoms with Gasteiger partial charge in [-0.25, -0.2) is 0 Å². The van der Waals surface area contributed by atoms with Gasteiger partial charge in [-0.05, 0) is 33.6 Å². The molecule has 1 heterocycles. The van der Waals surface area contributed by atoms with Crippen LogP contribution in [0.25, 0.3) is 0 Å². The molecule has 24 heavy (non-hydrogen) atoms. The lowest BCUT2D eigenvalue weighted by Crippen LogP contribution is -2.43. The number of hydrogen-bond donors (Lipinski definition) is 1.